The van der Waals surface area contributed by atoms with Crippen LogP contribution in [0.5, 0.6) is 0 Å². The molecule has 1 aliphatic rings. The van der Waals surface area contributed by atoms with Gasteiger partial charge in [0.1, 0.15) is 0 Å². The van der Waals surface area contributed by atoms with Crippen LogP contribution in [0.2, 0.25) is 0 Å². The van der Waals surface area contributed by atoms with E-state index in [-0.39, 0.29) is 11.9 Å². The van der Waals surface area contributed by atoms with Crippen LogP contribution in [-0.2, 0) is 16.1 Å². The van der Waals surface area contributed by atoms with Crippen LogP contribution >= 0.6 is 0 Å². The first-order valence-corrected chi connectivity index (χ1v) is 8.10. The number of nitrogens with zero attached hydrogens (tertiary/aromatic N) is 2. The minimum Gasteiger partial charge on any atom is -0.380 e. The van der Waals surface area contributed by atoms with E-state index < -0.39 is 0 Å². The standard InChI is InChI=1S/C18H23N3O3/c1-12-17(13(2)20-19-12)16-11-24-9-8-21(16)18(22)15-6-4-14(5-7-15)10-23-3/h4-7,16H,8-11H2,1-3H3,(H,19,20). The van der Waals surface area contributed by atoms with E-state index in [9.17, 15) is 4.79 Å². The fourth-order valence-corrected chi connectivity index (χ4v) is 3.21. The van der Waals surface area contributed by atoms with Gasteiger partial charge in [0.2, 0.25) is 0 Å². The normalized spacial score (nSPS) is 18.0. The van der Waals surface area contributed by atoms with Crippen LogP contribution in [0.4, 0.5) is 0 Å². The number of hydrogen-bond acceptors (Lipinski definition) is 4. The molecule has 0 radical (unpaired) electrons. The molecule has 0 saturated carbocycles. The fourth-order valence-electron chi connectivity index (χ4n) is 3.21. The smallest absolute Gasteiger partial charge is 0.254 e. The van der Waals surface area contributed by atoms with Gasteiger partial charge in [0.15, 0.2) is 0 Å². The molecule has 24 heavy (non-hydrogen) atoms. The van der Waals surface area contributed by atoms with Crippen LogP contribution in [0.15, 0.2) is 24.3 Å². The van der Waals surface area contributed by atoms with Crippen molar-refractivity contribution in [1.29, 1.82) is 0 Å². The molecule has 1 aromatic heterocycles. The van der Waals surface area contributed by atoms with Crippen LogP contribution in [0.3, 0.4) is 0 Å². The molecule has 0 bridgehead atoms. The van der Waals surface area contributed by atoms with Gasteiger partial charge in [-0.3, -0.25) is 9.89 Å². The van der Waals surface area contributed by atoms with Crippen LogP contribution in [0, 0.1) is 13.8 Å². The van der Waals surface area contributed by atoms with Gasteiger partial charge in [-0.2, -0.15) is 5.10 Å². The van der Waals surface area contributed by atoms with E-state index in [1.807, 2.05) is 43.0 Å². The molecule has 1 fully saturated rings. The first kappa shape index (κ1) is 16.7. The SMILES string of the molecule is COCc1ccc(C(=O)N2CCOCC2c2c(C)n[nH]c2C)cc1. The minimum absolute atomic E-state index is 0.0206. The van der Waals surface area contributed by atoms with Gasteiger partial charge in [-0.15, -0.1) is 0 Å². The molecule has 0 spiro atoms. The maximum absolute atomic E-state index is 13.0. The van der Waals surface area contributed by atoms with Gasteiger partial charge in [-0.1, -0.05) is 12.1 Å². The molecule has 1 aromatic carbocycles. The first-order valence-electron chi connectivity index (χ1n) is 8.10. The van der Waals surface area contributed by atoms with Crippen molar-refractivity contribution in [1.82, 2.24) is 15.1 Å². The average molecular weight is 329 g/mol. The Labute approximate surface area is 141 Å². The quantitative estimate of drug-likeness (QED) is 0.935. The zero-order chi connectivity index (χ0) is 17.1. The van der Waals surface area contributed by atoms with E-state index in [0.717, 1.165) is 22.5 Å². The third-order valence-corrected chi connectivity index (χ3v) is 4.42. The highest BCUT2D eigenvalue weighted by Crippen LogP contribution is 2.29. The van der Waals surface area contributed by atoms with E-state index in [1.165, 1.54) is 0 Å². The van der Waals surface area contributed by atoms with E-state index >= 15 is 0 Å². The maximum atomic E-state index is 13.0. The molecule has 3 rings (SSSR count). The number of amides is 1. The van der Waals surface area contributed by atoms with Gasteiger partial charge in [0, 0.05) is 30.5 Å². The number of morpholine rings is 1. The number of carbonyl (C=O) groups excluding carboxylic acids is 1. The lowest BCUT2D eigenvalue weighted by atomic mass is 10.0. The lowest BCUT2D eigenvalue weighted by Crippen LogP contribution is -2.43. The van der Waals surface area contributed by atoms with Gasteiger partial charge in [-0.05, 0) is 31.5 Å². The minimum atomic E-state index is -0.108. The summed E-state index contributed by atoms with van der Waals surface area (Å²) in [5.74, 6) is 0.0206. The van der Waals surface area contributed by atoms with Gasteiger partial charge >= 0.3 is 0 Å². The molecule has 1 unspecified atom stereocenters. The summed E-state index contributed by atoms with van der Waals surface area (Å²) in [6.07, 6.45) is 0. The second-order valence-corrected chi connectivity index (χ2v) is 6.07. The summed E-state index contributed by atoms with van der Waals surface area (Å²) in [5, 5.41) is 7.26. The van der Waals surface area contributed by atoms with Crippen molar-refractivity contribution in [3.8, 4) is 0 Å². The van der Waals surface area contributed by atoms with Crippen LogP contribution in [0.25, 0.3) is 0 Å². The Morgan fingerprint density at radius 3 is 2.75 bits per heavy atom. The van der Waals surface area contributed by atoms with E-state index in [4.69, 9.17) is 9.47 Å². The predicted octanol–water partition coefficient (Wildman–Crippen LogP) is 2.39. The highest BCUT2D eigenvalue weighted by molar-refractivity contribution is 5.94. The summed E-state index contributed by atoms with van der Waals surface area (Å²) in [6, 6.07) is 7.47. The fraction of sp³-hybridized carbons (Fsp3) is 0.444. The summed E-state index contributed by atoms with van der Waals surface area (Å²) in [5.41, 5.74) is 4.68. The van der Waals surface area contributed by atoms with Gasteiger partial charge < -0.3 is 14.4 Å². The molecular formula is C18H23N3O3. The zero-order valence-electron chi connectivity index (χ0n) is 14.3. The summed E-state index contributed by atoms with van der Waals surface area (Å²) in [4.78, 5) is 14.9. The third-order valence-electron chi connectivity index (χ3n) is 4.42. The number of methoxy groups -OCH3 is 1. The Morgan fingerprint density at radius 2 is 2.12 bits per heavy atom. The van der Waals surface area contributed by atoms with Crippen molar-refractivity contribution in [3.05, 3.63) is 52.3 Å². The van der Waals surface area contributed by atoms with Crippen LogP contribution in [0.1, 0.15) is 38.9 Å². The highest BCUT2D eigenvalue weighted by atomic mass is 16.5. The van der Waals surface area contributed by atoms with Crippen molar-refractivity contribution in [2.24, 2.45) is 0 Å². The molecule has 1 amide bonds. The monoisotopic (exact) mass is 329 g/mol. The second kappa shape index (κ2) is 7.15. The molecule has 0 aliphatic carbocycles. The van der Waals surface area contributed by atoms with Gasteiger partial charge in [0.25, 0.3) is 5.91 Å². The molecule has 1 aliphatic heterocycles. The Kier molecular flexibility index (Phi) is 4.97. The number of aromatic amines is 1. The molecule has 2 aromatic rings. The lowest BCUT2D eigenvalue weighted by Gasteiger charge is -2.36. The van der Waals surface area contributed by atoms with Gasteiger partial charge in [-0.25, -0.2) is 0 Å². The summed E-state index contributed by atoms with van der Waals surface area (Å²) >= 11 is 0. The molecule has 128 valence electrons. The molecule has 1 saturated heterocycles. The molecule has 1 atom stereocenters. The topological polar surface area (TPSA) is 67.4 Å². The first-order chi connectivity index (χ1) is 11.6. The third kappa shape index (κ3) is 3.20. The molecule has 2 heterocycles. The van der Waals surface area contributed by atoms with Crippen molar-refractivity contribution < 1.29 is 14.3 Å². The maximum Gasteiger partial charge on any atom is 0.254 e. The van der Waals surface area contributed by atoms with Crippen molar-refractivity contribution >= 4 is 5.91 Å². The molecular weight excluding hydrogens is 306 g/mol. The number of ether oxygens (including phenoxy) is 2. The largest absolute Gasteiger partial charge is 0.380 e. The van der Waals surface area contributed by atoms with Gasteiger partial charge in [0.05, 0.1) is 31.6 Å². The van der Waals surface area contributed by atoms with Crippen LogP contribution < -0.4 is 0 Å². The number of benzene rings is 1. The zero-order valence-corrected chi connectivity index (χ0v) is 14.3. The summed E-state index contributed by atoms with van der Waals surface area (Å²) in [6.45, 7) is 6.10. The van der Waals surface area contributed by atoms with Crippen molar-refractivity contribution in [2.45, 2.75) is 26.5 Å². The van der Waals surface area contributed by atoms with E-state index in [1.54, 1.807) is 7.11 Å². The number of aromatic nitrogens is 2. The van der Waals surface area contributed by atoms with Crippen molar-refractivity contribution in [2.75, 3.05) is 26.9 Å². The predicted molar refractivity (Wildman–Crippen MR) is 89.8 cm³/mol. The number of nitrogens with one attached hydrogen (secondary N) is 1. The second-order valence-electron chi connectivity index (χ2n) is 6.07. The van der Waals surface area contributed by atoms with Crippen molar-refractivity contribution in [3.63, 3.8) is 0 Å². The average Bonchev–Trinajstić information content (AvgIpc) is 2.94. The highest BCUT2D eigenvalue weighted by Gasteiger charge is 2.32. The van der Waals surface area contributed by atoms with E-state index in [0.29, 0.717) is 31.9 Å². The Hall–Kier alpha value is -2.18. The number of aryl methyl sites for hydroxylation is 2. The number of rotatable bonds is 4. The Bertz CT molecular complexity index is 689. The van der Waals surface area contributed by atoms with Crippen LogP contribution in [-0.4, -0.2) is 47.9 Å². The number of carbonyl (C=O) groups is 1. The molecule has 1 N–H and O–H groups in total. The number of hydrogen-bond donors (Lipinski definition) is 1. The lowest BCUT2D eigenvalue weighted by molar-refractivity contribution is -0.00301. The molecule has 6 heteroatoms. The molecule has 6 nitrogen and oxygen atoms in total. The van der Waals surface area contributed by atoms with E-state index in [2.05, 4.69) is 10.2 Å². The Morgan fingerprint density at radius 1 is 1.38 bits per heavy atom. The summed E-state index contributed by atoms with van der Waals surface area (Å²) in [7, 11) is 1.66. The Balaban J connectivity index is 1.86. The number of H-pyrrole nitrogens is 1. The summed E-state index contributed by atoms with van der Waals surface area (Å²) < 4.78 is 10.7.